The highest BCUT2D eigenvalue weighted by Gasteiger charge is 2.09. The molecule has 0 fully saturated rings. The van der Waals surface area contributed by atoms with E-state index in [1.807, 2.05) is 31.2 Å². The van der Waals surface area contributed by atoms with Gasteiger partial charge in [-0.2, -0.15) is 4.98 Å². The number of nitrogens with one attached hydrogen (secondary N) is 1. The summed E-state index contributed by atoms with van der Waals surface area (Å²) in [6, 6.07) is 14.0. The number of halogens is 1. The van der Waals surface area contributed by atoms with Crippen molar-refractivity contribution < 1.29 is 13.5 Å². The summed E-state index contributed by atoms with van der Waals surface area (Å²) in [5.41, 5.74) is 1.55. The highest BCUT2D eigenvalue weighted by atomic mass is 19.1. The van der Waals surface area contributed by atoms with Crippen LogP contribution < -0.4 is 10.1 Å². The Morgan fingerprint density at radius 3 is 2.71 bits per heavy atom. The van der Waals surface area contributed by atoms with Crippen LogP contribution in [0.5, 0.6) is 5.75 Å². The van der Waals surface area contributed by atoms with E-state index in [4.69, 9.17) is 9.15 Å². The van der Waals surface area contributed by atoms with Crippen LogP contribution in [0.1, 0.15) is 6.92 Å². The number of benzene rings is 2. The number of hydrogen-bond acceptors (Lipinski definition) is 4. The monoisotopic (exact) mass is 286 g/mol. The van der Waals surface area contributed by atoms with Crippen molar-refractivity contribution >= 4 is 17.1 Å². The standard InChI is InChI=1S/C16H15FN2O2/c1-11(10-20-13-8-6-12(17)7-9-13)18-16-19-14-4-2-3-5-15(14)21-16/h2-9,11H,10H2,1H3,(H,18,19). The molecule has 0 aliphatic rings. The molecular formula is C16H15FN2O2. The van der Waals surface area contributed by atoms with Gasteiger partial charge in [0.05, 0.1) is 6.04 Å². The molecule has 5 heteroatoms. The van der Waals surface area contributed by atoms with E-state index in [0.29, 0.717) is 18.4 Å². The zero-order valence-electron chi connectivity index (χ0n) is 11.5. The van der Waals surface area contributed by atoms with Crippen molar-refractivity contribution in [3.05, 3.63) is 54.3 Å². The third-order valence-electron chi connectivity index (χ3n) is 2.98. The SMILES string of the molecule is CC(COc1ccc(F)cc1)Nc1nc2ccccc2o1. The third kappa shape index (κ3) is 3.31. The summed E-state index contributed by atoms with van der Waals surface area (Å²) < 4.78 is 23.9. The van der Waals surface area contributed by atoms with Crippen LogP contribution in [-0.2, 0) is 0 Å². The van der Waals surface area contributed by atoms with Gasteiger partial charge >= 0.3 is 0 Å². The molecule has 3 rings (SSSR count). The van der Waals surface area contributed by atoms with Gasteiger partial charge in [-0.15, -0.1) is 0 Å². The van der Waals surface area contributed by atoms with Gasteiger partial charge in [0.25, 0.3) is 6.01 Å². The van der Waals surface area contributed by atoms with E-state index < -0.39 is 0 Å². The van der Waals surface area contributed by atoms with Gasteiger partial charge in [-0.25, -0.2) is 4.39 Å². The maximum Gasteiger partial charge on any atom is 0.296 e. The Labute approximate surface area is 121 Å². The number of anilines is 1. The molecule has 2 aromatic carbocycles. The maximum atomic E-state index is 12.8. The van der Waals surface area contributed by atoms with Crippen LogP contribution in [0, 0.1) is 5.82 Å². The summed E-state index contributed by atoms with van der Waals surface area (Å²) in [6.07, 6.45) is 0. The second-order valence-electron chi connectivity index (χ2n) is 4.80. The predicted octanol–water partition coefficient (Wildman–Crippen LogP) is 3.85. The lowest BCUT2D eigenvalue weighted by molar-refractivity contribution is 0.301. The lowest BCUT2D eigenvalue weighted by Gasteiger charge is -2.13. The number of rotatable bonds is 5. The summed E-state index contributed by atoms with van der Waals surface area (Å²) >= 11 is 0. The Hall–Kier alpha value is -2.56. The highest BCUT2D eigenvalue weighted by molar-refractivity contribution is 5.74. The summed E-state index contributed by atoms with van der Waals surface area (Å²) in [7, 11) is 0. The average Bonchev–Trinajstić information content (AvgIpc) is 2.88. The lowest BCUT2D eigenvalue weighted by Crippen LogP contribution is -2.23. The van der Waals surface area contributed by atoms with Crippen molar-refractivity contribution in [2.45, 2.75) is 13.0 Å². The molecule has 0 amide bonds. The quantitative estimate of drug-likeness (QED) is 0.774. The van der Waals surface area contributed by atoms with Gasteiger partial charge in [0, 0.05) is 0 Å². The molecule has 0 saturated heterocycles. The largest absolute Gasteiger partial charge is 0.491 e. The number of ether oxygens (including phenoxy) is 1. The summed E-state index contributed by atoms with van der Waals surface area (Å²) in [5, 5.41) is 3.14. The second kappa shape index (κ2) is 5.83. The summed E-state index contributed by atoms with van der Waals surface area (Å²) in [4.78, 5) is 4.34. The van der Waals surface area contributed by atoms with Crippen LogP contribution in [0.3, 0.4) is 0 Å². The van der Waals surface area contributed by atoms with Crippen LogP contribution in [-0.4, -0.2) is 17.6 Å². The number of oxazole rings is 1. The average molecular weight is 286 g/mol. The normalized spacial score (nSPS) is 12.3. The van der Waals surface area contributed by atoms with E-state index >= 15 is 0 Å². The Bertz CT molecular complexity index is 691. The second-order valence-corrected chi connectivity index (χ2v) is 4.80. The number of nitrogens with zero attached hydrogens (tertiary/aromatic N) is 1. The van der Waals surface area contributed by atoms with Gasteiger partial charge in [0.15, 0.2) is 5.58 Å². The van der Waals surface area contributed by atoms with E-state index in [2.05, 4.69) is 10.3 Å². The molecule has 1 aromatic heterocycles. The molecule has 0 bridgehead atoms. The zero-order valence-corrected chi connectivity index (χ0v) is 11.5. The number of para-hydroxylation sites is 2. The summed E-state index contributed by atoms with van der Waals surface area (Å²) in [5.74, 6) is 0.350. The molecule has 1 atom stereocenters. The van der Waals surface area contributed by atoms with Crippen LogP contribution >= 0.6 is 0 Å². The molecule has 1 unspecified atom stereocenters. The van der Waals surface area contributed by atoms with Gasteiger partial charge in [-0.3, -0.25) is 0 Å². The van der Waals surface area contributed by atoms with Crippen LogP contribution in [0.4, 0.5) is 10.4 Å². The lowest BCUT2D eigenvalue weighted by atomic mass is 10.3. The van der Waals surface area contributed by atoms with Crippen molar-refractivity contribution in [2.75, 3.05) is 11.9 Å². The van der Waals surface area contributed by atoms with Crippen LogP contribution in [0.15, 0.2) is 52.9 Å². The van der Waals surface area contributed by atoms with Gasteiger partial charge in [-0.05, 0) is 43.3 Å². The van der Waals surface area contributed by atoms with Crippen molar-refractivity contribution in [2.24, 2.45) is 0 Å². The Balaban J connectivity index is 1.58. The number of fused-ring (bicyclic) bond motifs is 1. The fourth-order valence-corrected chi connectivity index (χ4v) is 1.94. The molecule has 0 aliphatic carbocycles. The topological polar surface area (TPSA) is 47.3 Å². The molecule has 21 heavy (non-hydrogen) atoms. The van der Waals surface area contributed by atoms with E-state index in [1.165, 1.54) is 12.1 Å². The van der Waals surface area contributed by atoms with E-state index in [0.717, 1.165) is 11.1 Å². The molecule has 1 N–H and O–H groups in total. The predicted molar refractivity (Wildman–Crippen MR) is 79.0 cm³/mol. The van der Waals surface area contributed by atoms with Gasteiger partial charge in [0.2, 0.25) is 0 Å². The first-order valence-corrected chi connectivity index (χ1v) is 6.71. The molecule has 0 saturated carbocycles. The number of aromatic nitrogens is 1. The molecule has 108 valence electrons. The van der Waals surface area contributed by atoms with Gasteiger partial charge in [-0.1, -0.05) is 12.1 Å². The third-order valence-corrected chi connectivity index (χ3v) is 2.98. The Morgan fingerprint density at radius 1 is 1.19 bits per heavy atom. The molecule has 3 aromatic rings. The molecule has 1 heterocycles. The minimum atomic E-state index is -0.278. The van der Waals surface area contributed by atoms with E-state index in [9.17, 15) is 4.39 Å². The fraction of sp³-hybridized carbons (Fsp3) is 0.188. The van der Waals surface area contributed by atoms with Crippen molar-refractivity contribution in [1.29, 1.82) is 0 Å². The molecule has 4 nitrogen and oxygen atoms in total. The molecule has 0 aliphatic heterocycles. The Morgan fingerprint density at radius 2 is 1.95 bits per heavy atom. The summed E-state index contributed by atoms with van der Waals surface area (Å²) in [6.45, 7) is 2.38. The van der Waals surface area contributed by atoms with Crippen molar-refractivity contribution in [3.8, 4) is 5.75 Å². The first kappa shape index (κ1) is 13.4. The van der Waals surface area contributed by atoms with E-state index in [-0.39, 0.29) is 11.9 Å². The van der Waals surface area contributed by atoms with E-state index in [1.54, 1.807) is 12.1 Å². The minimum absolute atomic E-state index is 0.00288. The van der Waals surface area contributed by atoms with Crippen molar-refractivity contribution in [1.82, 2.24) is 4.98 Å². The molecule has 0 spiro atoms. The first-order chi connectivity index (χ1) is 10.2. The maximum absolute atomic E-state index is 12.8. The van der Waals surface area contributed by atoms with Gasteiger partial charge in [0.1, 0.15) is 23.7 Å². The van der Waals surface area contributed by atoms with Crippen LogP contribution in [0.2, 0.25) is 0 Å². The van der Waals surface area contributed by atoms with Crippen molar-refractivity contribution in [3.63, 3.8) is 0 Å². The van der Waals surface area contributed by atoms with Gasteiger partial charge < -0.3 is 14.5 Å². The first-order valence-electron chi connectivity index (χ1n) is 6.71. The highest BCUT2D eigenvalue weighted by Crippen LogP contribution is 2.19. The zero-order chi connectivity index (χ0) is 14.7. The molecule has 0 radical (unpaired) electrons. The van der Waals surface area contributed by atoms with Crippen LogP contribution in [0.25, 0.3) is 11.1 Å². The minimum Gasteiger partial charge on any atom is -0.491 e. The molecular weight excluding hydrogens is 271 g/mol. The fourth-order valence-electron chi connectivity index (χ4n) is 1.94. The number of hydrogen-bond donors (Lipinski definition) is 1. The Kier molecular flexibility index (Phi) is 3.73. The smallest absolute Gasteiger partial charge is 0.296 e.